The number of nitrogens with two attached hydrogens (primary N) is 1. The fourth-order valence-electron chi connectivity index (χ4n) is 2.37. The standard InChI is InChI=1S/C15H15NO4/c1-8-12(9-2-4-11(16)5-3-9)6-10(14(17)18)7-13(8)15(19)20/h2-8,12H,16H2,1H3,(H,17,18)(H,19,20). The molecule has 0 heterocycles. The molecule has 0 saturated heterocycles. The van der Waals surface area contributed by atoms with Crippen LogP contribution in [0.4, 0.5) is 5.69 Å². The van der Waals surface area contributed by atoms with Crippen LogP contribution in [0.5, 0.6) is 0 Å². The zero-order valence-electron chi connectivity index (χ0n) is 10.9. The number of carbonyl (C=O) groups is 2. The number of aliphatic carboxylic acids is 2. The van der Waals surface area contributed by atoms with Crippen LogP contribution in [-0.2, 0) is 9.59 Å². The number of benzene rings is 1. The van der Waals surface area contributed by atoms with Crippen LogP contribution in [0.25, 0.3) is 0 Å². The van der Waals surface area contributed by atoms with Gasteiger partial charge in [0.25, 0.3) is 0 Å². The molecule has 4 N–H and O–H groups in total. The van der Waals surface area contributed by atoms with Gasteiger partial charge in [-0.05, 0) is 29.7 Å². The molecule has 1 aromatic rings. The summed E-state index contributed by atoms with van der Waals surface area (Å²) in [6, 6.07) is 7.01. The molecule has 2 rings (SSSR count). The Bertz CT molecular complexity index is 613. The lowest BCUT2D eigenvalue weighted by Gasteiger charge is -2.26. The van der Waals surface area contributed by atoms with Crippen molar-refractivity contribution < 1.29 is 19.8 Å². The van der Waals surface area contributed by atoms with Crippen molar-refractivity contribution in [1.82, 2.24) is 0 Å². The summed E-state index contributed by atoms with van der Waals surface area (Å²) in [6.45, 7) is 1.77. The summed E-state index contributed by atoms with van der Waals surface area (Å²) in [6.07, 6.45) is 2.81. The maximum atomic E-state index is 11.3. The number of hydrogen-bond donors (Lipinski definition) is 3. The summed E-state index contributed by atoms with van der Waals surface area (Å²) in [5, 5.41) is 18.3. The van der Waals surface area contributed by atoms with Crippen LogP contribution in [0.1, 0.15) is 18.4 Å². The maximum absolute atomic E-state index is 11.3. The van der Waals surface area contributed by atoms with Crippen molar-refractivity contribution in [1.29, 1.82) is 0 Å². The number of hydrogen-bond acceptors (Lipinski definition) is 3. The Morgan fingerprint density at radius 2 is 1.70 bits per heavy atom. The molecule has 1 aromatic carbocycles. The highest BCUT2D eigenvalue weighted by molar-refractivity contribution is 5.96. The van der Waals surface area contributed by atoms with E-state index in [9.17, 15) is 14.7 Å². The van der Waals surface area contributed by atoms with Crippen molar-refractivity contribution in [3.05, 3.63) is 53.1 Å². The lowest BCUT2D eigenvalue weighted by Crippen LogP contribution is -2.22. The van der Waals surface area contributed by atoms with Gasteiger partial charge in [0.1, 0.15) is 0 Å². The minimum absolute atomic E-state index is 0.00215. The van der Waals surface area contributed by atoms with E-state index in [2.05, 4.69) is 0 Å². The number of nitrogen functional groups attached to an aromatic ring is 1. The smallest absolute Gasteiger partial charge is 0.335 e. The van der Waals surface area contributed by atoms with Gasteiger partial charge in [-0.25, -0.2) is 9.59 Å². The molecule has 0 aliphatic heterocycles. The molecule has 0 saturated carbocycles. The summed E-state index contributed by atoms with van der Waals surface area (Å²) in [5.41, 5.74) is 7.18. The zero-order chi connectivity index (χ0) is 14.9. The number of anilines is 1. The van der Waals surface area contributed by atoms with Crippen LogP contribution >= 0.6 is 0 Å². The van der Waals surface area contributed by atoms with Crippen molar-refractivity contribution >= 4 is 17.6 Å². The van der Waals surface area contributed by atoms with Gasteiger partial charge in [0, 0.05) is 17.2 Å². The third-order valence-electron chi connectivity index (χ3n) is 3.51. The maximum Gasteiger partial charge on any atom is 0.335 e. The molecule has 0 amide bonds. The van der Waals surface area contributed by atoms with Gasteiger partial charge < -0.3 is 15.9 Å². The fraction of sp³-hybridized carbons (Fsp3) is 0.200. The SMILES string of the molecule is CC1C(C(=O)O)=CC(C(=O)O)=CC1c1ccc(N)cc1. The highest BCUT2D eigenvalue weighted by Crippen LogP contribution is 2.36. The van der Waals surface area contributed by atoms with Crippen LogP contribution in [0.15, 0.2) is 47.6 Å². The van der Waals surface area contributed by atoms with Gasteiger partial charge in [-0.2, -0.15) is 0 Å². The quantitative estimate of drug-likeness (QED) is 0.731. The number of allylic oxidation sites excluding steroid dienone is 1. The average molecular weight is 273 g/mol. The first-order valence-corrected chi connectivity index (χ1v) is 6.15. The second-order valence-corrected chi connectivity index (χ2v) is 4.81. The predicted molar refractivity (Wildman–Crippen MR) is 74.2 cm³/mol. The van der Waals surface area contributed by atoms with E-state index < -0.39 is 11.9 Å². The molecule has 0 fully saturated rings. The van der Waals surface area contributed by atoms with Gasteiger partial charge in [0.05, 0.1) is 5.57 Å². The highest BCUT2D eigenvalue weighted by atomic mass is 16.4. The topological polar surface area (TPSA) is 101 Å². The Kier molecular flexibility index (Phi) is 3.61. The second-order valence-electron chi connectivity index (χ2n) is 4.81. The fourth-order valence-corrected chi connectivity index (χ4v) is 2.37. The van der Waals surface area contributed by atoms with Crippen molar-refractivity contribution in [3.63, 3.8) is 0 Å². The van der Waals surface area contributed by atoms with Gasteiger partial charge in [0.15, 0.2) is 0 Å². The molecule has 104 valence electrons. The average Bonchev–Trinajstić information content (AvgIpc) is 2.39. The van der Waals surface area contributed by atoms with E-state index in [0.717, 1.165) is 5.56 Å². The zero-order valence-corrected chi connectivity index (χ0v) is 10.9. The van der Waals surface area contributed by atoms with Crippen LogP contribution in [0, 0.1) is 5.92 Å². The summed E-state index contributed by atoms with van der Waals surface area (Å²) in [7, 11) is 0. The number of carboxylic acids is 2. The molecule has 20 heavy (non-hydrogen) atoms. The van der Waals surface area contributed by atoms with E-state index in [1.165, 1.54) is 6.08 Å². The highest BCUT2D eigenvalue weighted by Gasteiger charge is 2.30. The van der Waals surface area contributed by atoms with E-state index in [-0.39, 0.29) is 23.0 Å². The molecule has 0 aromatic heterocycles. The van der Waals surface area contributed by atoms with Crippen LogP contribution in [0.3, 0.4) is 0 Å². The second kappa shape index (κ2) is 5.21. The third-order valence-corrected chi connectivity index (χ3v) is 3.51. The molecule has 0 bridgehead atoms. The van der Waals surface area contributed by atoms with Crippen LogP contribution in [-0.4, -0.2) is 22.2 Å². The monoisotopic (exact) mass is 273 g/mol. The number of rotatable bonds is 3. The van der Waals surface area contributed by atoms with Crippen LogP contribution in [0.2, 0.25) is 0 Å². The van der Waals surface area contributed by atoms with Gasteiger partial charge in [0.2, 0.25) is 0 Å². The molecular weight excluding hydrogens is 258 g/mol. The normalized spacial score (nSPS) is 21.9. The molecule has 0 radical (unpaired) electrons. The first kappa shape index (κ1) is 13.9. The third kappa shape index (κ3) is 2.56. The van der Waals surface area contributed by atoms with E-state index >= 15 is 0 Å². The van der Waals surface area contributed by atoms with E-state index in [4.69, 9.17) is 10.8 Å². The van der Waals surface area contributed by atoms with E-state index in [1.807, 2.05) is 0 Å². The van der Waals surface area contributed by atoms with Crippen molar-refractivity contribution in [2.45, 2.75) is 12.8 Å². The van der Waals surface area contributed by atoms with Crippen molar-refractivity contribution in [3.8, 4) is 0 Å². The van der Waals surface area contributed by atoms with Gasteiger partial charge in [-0.15, -0.1) is 0 Å². The van der Waals surface area contributed by atoms with Crippen LogP contribution < -0.4 is 5.73 Å². The molecule has 2 unspecified atom stereocenters. The summed E-state index contributed by atoms with van der Waals surface area (Å²) in [4.78, 5) is 22.4. The van der Waals surface area contributed by atoms with Crippen molar-refractivity contribution in [2.24, 2.45) is 5.92 Å². The Balaban J connectivity index is 2.47. The van der Waals surface area contributed by atoms with Gasteiger partial charge in [-0.3, -0.25) is 0 Å². The molecule has 2 atom stereocenters. The lowest BCUT2D eigenvalue weighted by atomic mass is 9.77. The molecule has 1 aliphatic rings. The Hall–Kier alpha value is -2.56. The first-order chi connectivity index (χ1) is 9.40. The van der Waals surface area contributed by atoms with E-state index in [0.29, 0.717) is 5.69 Å². The predicted octanol–water partition coefficient (Wildman–Crippen LogP) is 2.02. The van der Waals surface area contributed by atoms with E-state index in [1.54, 1.807) is 37.3 Å². The number of carboxylic acid groups (broad SMARTS) is 2. The Morgan fingerprint density at radius 1 is 1.10 bits per heavy atom. The van der Waals surface area contributed by atoms with Crippen molar-refractivity contribution in [2.75, 3.05) is 5.73 Å². The minimum Gasteiger partial charge on any atom is -0.478 e. The first-order valence-electron chi connectivity index (χ1n) is 6.15. The van der Waals surface area contributed by atoms with Gasteiger partial charge >= 0.3 is 11.9 Å². The summed E-state index contributed by atoms with van der Waals surface area (Å²) in [5.74, 6) is -2.82. The molecule has 5 heteroatoms. The molecule has 1 aliphatic carbocycles. The summed E-state index contributed by atoms with van der Waals surface area (Å²) < 4.78 is 0. The molecule has 5 nitrogen and oxygen atoms in total. The molecule has 0 spiro atoms. The minimum atomic E-state index is -1.13. The lowest BCUT2D eigenvalue weighted by molar-refractivity contribution is -0.133. The largest absolute Gasteiger partial charge is 0.478 e. The Labute approximate surface area is 116 Å². The van der Waals surface area contributed by atoms with Gasteiger partial charge in [-0.1, -0.05) is 25.1 Å². The Morgan fingerprint density at radius 3 is 2.20 bits per heavy atom. The molecular formula is C15H15NO4. The summed E-state index contributed by atoms with van der Waals surface area (Å²) >= 11 is 0.